The van der Waals surface area contributed by atoms with E-state index in [0.717, 1.165) is 0 Å². The van der Waals surface area contributed by atoms with Crippen LogP contribution in [0.1, 0.15) is 5.89 Å². The van der Waals surface area contributed by atoms with E-state index >= 15 is 0 Å². The molecule has 10 heavy (non-hydrogen) atoms. The first kappa shape index (κ1) is 7.50. The average Bonchev–Trinajstić information content (AvgIpc) is 2.31. The summed E-state index contributed by atoms with van der Waals surface area (Å²) in [5, 5.41) is 3.54. The molecule has 0 unspecified atom stereocenters. The molecule has 4 nitrogen and oxygen atoms in total. The minimum atomic E-state index is 0.145. The lowest BCUT2D eigenvalue weighted by molar-refractivity contribution is 0.192. The van der Waals surface area contributed by atoms with Crippen LogP contribution in [0.15, 0.2) is 4.52 Å². The highest BCUT2D eigenvalue weighted by atomic mass is 35.5. The van der Waals surface area contributed by atoms with Crippen molar-refractivity contribution in [2.45, 2.75) is 6.42 Å². The van der Waals surface area contributed by atoms with Gasteiger partial charge in [-0.05, 0) is 16.8 Å². The molecular formula is C5H7ClN2O2. The molecule has 0 atom stereocenters. The summed E-state index contributed by atoms with van der Waals surface area (Å²) in [4.78, 5) is 3.76. The minimum Gasteiger partial charge on any atom is -0.384 e. The number of ether oxygens (including phenoxy) is 1. The number of hydrogen-bond acceptors (Lipinski definition) is 4. The van der Waals surface area contributed by atoms with E-state index in [0.29, 0.717) is 18.9 Å². The number of aromatic nitrogens is 2. The molecular weight excluding hydrogens is 156 g/mol. The van der Waals surface area contributed by atoms with Gasteiger partial charge in [-0.15, -0.1) is 0 Å². The average molecular weight is 163 g/mol. The van der Waals surface area contributed by atoms with Crippen LogP contribution in [0, 0.1) is 0 Å². The maximum Gasteiger partial charge on any atom is 0.263 e. The van der Waals surface area contributed by atoms with E-state index < -0.39 is 0 Å². The van der Waals surface area contributed by atoms with Crippen molar-refractivity contribution in [1.82, 2.24) is 10.1 Å². The van der Waals surface area contributed by atoms with Gasteiger partial charge in [0.25, 0.3) is 5.28 Å². The van der Waals surface area contributed by atoms with Gasteiger partial charge in [-0.25, -0.2) is 0 Å². The van der Waals surface area contributed by atoms with E-state index in [4.69, 9.17) is 20.9 Å². The van der Waals surface area contributed by atoms with Crippen LogP contribution in [0.5, 0.6) is 0 Å². The normalized spacial score (nSPS) is 10.2. The van der Waals surface area contributed by atoms with Crippen molar-refractivity contribution < 1.29 is 9.26 Å². The van der Waals surface area contributed by atoms with E-state index in [1.165, 1.54) is 0 Å². The molecule has 1 heterocycles. The molecule has 0 aromatic carbocycles. The number of halogens is 1. The Hall–Kier alpha value is -0.610. The Morgan fingerprint density at radius 1 is 1.70 bits per heavy atom. The van der Waals surface area contributed by atoms with Crippen molar-refractivity contribution in [3.8, 4) is 0 Å². The zero-order chi connectivity index (χ0) is 7.40. The van der Waals surface area contributed by atoms with Gasteiger partial charge < -0.3 is 9.26 Å². The molecule has 1 aromatic heterocycles. The van der Waals surface area contributed by atoms with Crippen LogP contribution in [0.2, 0.25) is 5.28 Å². The largest absolute Gasteiger partial charge is 0.384 e. The highest BCUT2D eigenvalue weighted by Crippen LogP contribution is 2.02. The molecule has 0 aliphatic rings. The topological polar surface area (TPSA) is 48.2 Å². The van der Waals surface area contributed by atoms with Crippen LogP contribution >= 0.6 is 11.6 Å². The standard InChI is InChI=1S/C5H7ClN2O2/c1-9-3-2-4-7-5(6)8-10-4/h2-3H2,1H3. The Labute approximate surface area is 63.1 Å². The fraction of sp³-hybridized carbons (Fsp3) is 0.600. The smallest absolute Gasteiger partial charge is 0.263 e. The predicted molar refractivity (Wildman–Crippen MR) is 34.9 cm³/mol. The third-order valence-corrected chi connectivity index (χ3v) is 1.12. The third kappa shape index (κ3) is 1.97. The Morgan fingerprint density at radius 2 is 2.50 bits per heavy atom. The molecule has 0 saturated heterocycles. The van der Waals surface area contributed by atoms with Gasteiger partial charge in [0.05, 0.1) is 13.0 Å². The summed E-state index contributed by atoms with van der Waals surface area (Å²) in [6.45, 7) is 0.568. The summed E-state index contributed by atoms with van der Waals surface area (Å²) in [6, 6.07) is 0. The van der Waals surface area contributed by atoms with E-state index in [9.17, 15) is 0 Å². The molecule has 0 aliphatic heterocycles. The zero-order valence-corrected chi connectivity index (χ0v) is 6.26. The first-order chi connectivity index (χ1) is 4.83. The zero-order valence-electron chi connectivity index (χ0n) is 5.50. The van der Waals surface area contributed by atoms with E-state index in [2.05, 4.69) is 10.1 Å². The number of rotatable bonds is 3. The van der Waals surface area contributed by atoms with Gasteiger partial charge in [-0.2, -0.15) is 4.98 Å². The van der Waals surface area contributed by atoms with Crippen molar-refractivity contribution in [2.75, 3.05) is 13.7 Å². The molecule has 5 heteroatoms. The number of nitrogens with zero attached hydrogens (tertiary/aromatic N) is 2. The molecule has 0 bridgehead atoms. The predicted octanol–water partition coefficient (Wildman–Crippen LogP) is 0.912. The lowest BCUT2D eigenvalue weighted by atomic mass is 10.5. The van der Waals surface area contributed by atoms with E-state index in [-0.39, 0.29) is 5.28 Å². The lowest BCUT2D eigenvalue weighted by Gasteiger charge is -1.89. The van der Waals surface area contributed by atoms with Gasteiger partial charge in [0, 0.05) is 7.11 Å². The minimum absolute atomic E-state index is 0.145. The quantitative estimate of drug-likeness (QED) is 0.663. The Morgan fingerprint density at radius 3 is 3.00 bits per heavy atom. The van der Waals surface area contributed by atoms with Gasteiger partial charge in [0.1, 0.15) is 0 Å². The first-order valence-electron chi connectivity index (χ1n) is 2.80. The molecule has 0 spiro atoms. The van der Waals surface area contributed by atoms with Crippen LogP contribution in [-0.2, 0) is 11.2 Å². The maximum absolute atomic E-state index is 5.38. The SMILES string of the molecule is COCCc1nc(Cl)no1. The summed E-state index contributed by atoms with van der Waals surface area (Å²) in [7, 11) is 1.61. The van der Waals surface area contributed by atoms with Crippen molar-refractivity contribution >= 4 is 11.6 Å². The first-order valence-corrected chi connectivity index (χ1v) is 3.17. The monoisotopic (exact) mass is 162 g/mol. The fourth-order valence-electron chi connectivity index (χ4n) is 0.525. The Kier molecular flexibility index (Phi) is 2.65. The lowest BCUT2D eigenvalue weighted by Crippen LogP contribution is -1.93. The van der Waals surface area contributed by atoms with Gasteiger partial charge in [-0.1, -0.05) is 0 Å². The van der Waals surface area contributed by atoms with Crippen LogP contribution < -0.4 is 0 Å². The molecule has 0 radical (unpaired) electrons. The number of hydrogen-bond donors (Lipinski definition) is 0. The summed E-state index contributed by atoms with van der Waals surface area (Å²) in [5.41, 5.74) is 0. The summed E-state index contributed by atoms with van der Waals surface area (Å²) >= 11 is 5.38. The van der Waals surface area contributed by atoms with Gasteiger partial charge >= 0.3 is 0 Å². The van der Waals surface area contributed by atoms with Crippen molar-refractivity contribution in [2.24, 2.45) is 0 Å². The summed E-state index contributed by atoms with van der Waals surface area (Å²) in [5.74, 6) is 0.506. The van der Waals surface area contributed by atoms with E-state index in [1.54, 1.807) is 7.11 Å². The molecule has 0 N–H and O–H groups in total. The molecule has 1 rings (SSSR count). The third-order valence-electron chi connectivity index (χ3n) is 0.963. The second kappa shape index (κ2) is 3.53. The second-order valence-electron chi connectivity index (χ2n) is 1.70. The highest BCUT2D eigenvalue weighted by molar-refractivity contribution is 6.28. The van der Waals surface area contributed by atoms with Gasteiger partial charge in [0.2, 0.25) is 5.89 Å². The molecule has 0 amide bonds. The van der Waals surface area contributed by atoms with Crippen molar-refractivity contribution in [3.05, 3.63) is 11.2 Å². The van der Waals surface area contributed by atoms with Gasteiger partial charge in [0.15, 0.2) is 0 Å². The summed E-state index contributed by atoms with van der Waals surface area (Å²) in [6.07, 6.45) is 0.607. The molecule has 0 saturated carbocycles. The maximum atomic E-state index is 5.38. The van der Waals surface area contributed by atoms with Gasteiger partial charge in [-0.3, -0.25) is 0 Å². The fourth-order valence-corrected chi connectivity index (χ4v) is 0.654. The summed E-state index contributed by atoms with van der Waals surface area (Å²) < 4.78 is 9.48. The van der Waals surface area contributed by atoms with Crippen molar-refractivity contribution in [3.63, 3.8) is 0 Å². The van der Waals surface area contributed by atoms with Crippen LogP contribution in [0.4, 0.5) is 0 Å². The molecule has 0 fully saturated rings. The Balaban J connectivity index is 2.42. The second-order valence-corrected chi connectivity index (χ2v) is 2.04. The van der Waals surface area contributed by atoms with Crippen LogP contribution in [0.25, 0.3) is 0 Å². The van der Waals surface area contributed by atoms with Crippen molar-refractivity contribution in [1.29, 1.82) is 0 Å². The Bertz CT molecular complexity index is 201. The molecule has 0 aliphatic carbocycles. The van der Waals surface area contributed by atoms with Crippen LogP contribution in [-0.4, -0.2) is 23.9 Å². The number of methoxy groups -OCH3 is 1. The van der Waals surface area contributed by atoms with Crippen LogP contribution in [0.3, 0.4) is 0 Å². The highest BCUT2D eigenvalue weighted by Gasteiger charge is 2.01. The molecule has 56 valence electrons. The molecule has 1 aromatic rings. The van der Waals surface area contributed by atoms with E-state index in [1.807, 2.05) is 0 Å².